The summed E-state index contributed by atoms with van der Waals surface area (Å²) in [5.74, 6) is 0.746. The van der Waals surface area contributed by atoms with Gasteiger partial charge in [0.1, 0.15) is 18.1 Å². The second-order valence-electron chi connectivity index (χ2n) is 7.44. The van der Waals surface area contributed by atoms with Crippen LogP contribution in [-0.4, -0.2) is 34.3 Å². The monoisotopic (exact) mass is 455 g/mol. The number of benzene rings is 2. The fourth-order valence-electron chi connectivity index (χ4n) is 3.50. The average Bonchev–Trinajstić information content (AvgIpc) is 2.78. The highest BCUT2D eigenvalue weighted by Gasteiger charge is 2.19. The molecule has 7 nitrogen and oxygen atoms in total. The van der Waals surface area contributed by atoms with Gasteiger partial charge in [-0.3, -0.25) is 14.2 Å². The molecule has 0 bridgehead atoms. The van der Waals surface area contributed by atoms with Crippen LogP contribution in [0.3, 0.4) is 0 Å². The number of hydrogen-bond acceptors (Lipinski definition) is 5. The molecule has 168 valence electrons. The lowest BCUT2D eigenvalue weighted by Gasteiger charge is -2.18. The number of aliphatic hydroxyl groups is 1. The molecule has 0 saturated carbocycles. The molecule has 2 N–H and O–H groups in total. The van der Waals surface area contributed by atoms with Gasteiger partial charge in [-0.1, -0.05) is 35.9 Å². The van der Waals surface area contributed by atoms with Gasteiger partial charge in [0.05, 0.1) is 13.2 Å². The lowest BCUT2D eigenvalue weighted by Crippen LogP contribution is -2.36. The molecule has 0 aliphatic carbocycles. The van der Waals surface area contributed by atoms with E-state index in [0.717, 1.165) is 11.3 Å². The van der Waals surface area contributed by atoms with Gasteiger partial charge in [-0.2, -0.15) is 0 Å². The minimum atomic E-state index is -0.353. The number of aliphatic hydroxyl groups excluding tert-OH is 1. The first kappa shape index (κ1) is 23.5. The fourth-order valence-corrected chi connectivity index (χ4v) is 3.69. The van der Waals surface area contributed by atoms with Gasteiger partial charge in [0.25, 0.3) is 5.56 Å². The Hall–Kier alpha value is -3.16. The minimum absolute atomic E-state index is 0.164. The second kappa shape index (κ2) is 10.4. The average molecular weight is 456 g/mol. The summed E-state index contributed by atoms with van der Waals surface area (Å²) in [4.78, 5) is 30.7. The standard InChI is InChI=1S/C24H26ClN3O4/c1-15(17-7-9-20(32-3)10-8-17)26-22(30)14-28-23(18-5-4-6-19(25)13-18)27-16(2)21(11-12-29)24(28)31/h4-10,13,15,29H,11-12,14H2,1-3H3,(H,26,30)/t15-/m1/s1. The summed E-state index contributed by atoms with van der Waals surface area (Å²) < 4.78 is 6.50. The molecule has 1 heterocycles. The molecule has 2 aromatic carbocycles. The van der Waals surface area contributed by atoms with E-state index in [9.17, 15) is 14.7 Å². The normalized spacial score (nSPS) is 11.8. The number of carbonyl (C=O) groups excluding carboxylic acids is 1. The number of ether oxygens (including phenoxy) is 1. The first-order chi connectivity index (χ1) is 15.3. The highest BCUT2D eigenvalue weighted by molar-refractivity contribution is 6.30. The van der Waals surface area contributed by atoms with Crippen molar-refractivity contribution < 1.29 is 14.6 Å². The van der Waals surface area contributed by atoms with E-state index in [0.29, 0.717) is 27.7 Å². The first-order valence-corrected chi connectivity index (χ1v) is 10.6. The number of amides is 1. The molecule has 0 unspecified atom stereocenters. The Morgan fingerprint density at radius 2 is 1.97 bits per heavy atom. The summed E-state index contributed by atoms with van der Waals surface area (Å²) in [5, 5.41) is 12.8. The van der Waals surface area contributed by atoms with Gasteiger partial charge in [0.15, 0.2) is 0 Å². The summed E-state index contributed by atoms with van der Waals surface area (Å²) in [6.07, 6.45) is 0.164. The topological polar surface area (TPSA) is 93.4 Å². The number of hydrogen-bond donors (Lipinski definition) is 2. The molecule has 8 heteroatoms. The molecule has 1 atom stereocenters. The molecule has 3 rings (SSSR count). The van der Waals surface area contributed by atoms with E-state index < -0.39 is 0 Å². The van der Waals surface area contributed by atoms with Gasteiger partial charge in [-0.25, -0.2) is 4.98 Å². The number of rotatable bonds is 8. The Bertz CT molecular complexity index is 1160. The Morgan fingerprint density at radius 3 is 2.59 bits per heavy atom. The van der Waals surface area contributed by atoms with Crippen molar-refractivity contribution >= 4 is 17.5 Å². The van der Waals surface area contributed by atoms with E-state index in [4.69, 9.17) is 16.3 Å². The van der Waals surface area contributed by atoms with Crippen molar-refractivity contribution in [2.24, 2.45) is 0 Å². The van der Waals surface area contributed by atoms with Gasteiger partial charge >= 0.3 is 0 Å². The van der Waals surface area contributed by atoms with Crippen LogP contribution in [0.4, 0.5) is 0 Å². The zero-order valence-electron chi connectivity index (χ0n) is 18.3. The van der Waals surface area contributed by atoms with Gasteiger partial charge in [-0.15, -0.1) is 0 Å². The minimum Gasteiger partial charge on any atom is -0.497 e. The Balaban J connectivity index is 1.93. The lowest BCUT2D eigenvalue weighted by atomic mass is 10.1. The van der Waals surface area contributed by atoms with Crippen LogP contribution < -0.4 is 15.6 Å². The van der Waals surface area contributed by atoms with Crippen LogP contribution in [0.1, 0.15) is 29.8 Å². The van der Waals surface area contributed by atoms with Gasteiger partial charge < -0.3 is 15.2 Å². The largest absolute Gasteiger partial charge is 0.497 e. The van der Waals surface area contributed by atoms with Crippen LogP contribution >= 0.6 is 11.6 Å². The molecule has 0 saturated heterocycles. The molecule has 0 radical (unpaired) electrons. The maximum absolute atomic E-state index is 13.2. The van der Waals surface area contributed by atoms with Gasteiger partial charge in [-0.05, 0) is 43.7 Å². The zero-order chi connectivity index (χ0) is 23.3. The van der Waals surface area contributed by atoms with Crippen LogP contribution in [0.5, 0.6) is 5.75 Å². The number of halogens is 1. The Kier molecular flexibility index (Phi) is 7.66. The highest BCUT2D eigenvalue weighted by atomic mass is 35.5. The van der Waals surface area contributed by atoms with Crippen LogP contribution in [-0.2, 0) is 17.8 Å². The Labute approximate surface area is 191 Å². The van der Waals surface area contributed by atoms with Crippen molar-refractivity contribution in [3.63, 3.8) is 0 Å². The number of nitrogens with one attached hydrogen (secondary N) is 1. The molecular weight excluding hydrogens is 430 g/mol. The maximum Gasteiger partial charge on any atom is 0.257 e. The molecule has 0 fully saturated rings. The summed E-state index contributed by atoms with van der Waals surface area (Å²) in [7, 11) is 1.59. The summed E-state index contributed by atoms with van der Waals surface area (Å²) >= 11 is 6.14. The smallest absolute Gasteiger partial charge is 0.257 e. The fraction of sp³-hybridized carbons (Fsp3) is 0.292. The van der Waals surface area contributed by atoms with E-state index in [1.807, 2.05) is 31.2 Å². The summed E-state index contributed by atoms with van der Waals surface area (Å²) in [6.45, 7) is 3.18. The van der Waals surface area contributed by atoms with E-state index in [2.05, 4.69) is 10.3 Å². The predicted octanol–water partition coefficient (Wildman–Crippen LogP) is 3.29. The number of aromatic nitrogens is 2. The predicted molar refractivity (Wildman–Crippen MR) is 124 cm³/mol. The van der Waals surface area contributed by atoms with Crippen LogP contribution in [0.2, 0.25) is 5.02 Å². The zero-order valence-corrected chi connectivity index (χ0v) is 19.0. The maximum atomic E-state index is 13.2. The molecule has 0 aliphatic rings. The molecule has 1 aromatic heterocycles. The number of nitrogens with zero attached hydrogens (tertiary/aromatic N) is 2. The quantitative estimate of drug-likeness (QED) is 0.543. The molecule has 3 aromatic rings. The van der Waals surface area contributed by atoms with E-state index in [1.54, 1.807) is 38.3 Å². The molecule has 1 amide bonds. The van der Waals surface area contributed by atoms with Gasteiger partial charge in [0, 0.05) is 34.9 Å². The van der Waals surface area contributed by atoms with Crippen molar-refractivity contribution in [2.75, 3.05) is 13.7 Å². The molecule has 32 heavy (non-hydrogen) atoms. The lowest BCUT2D eigenvalue weighted by molar-refractivity contribution is -0.122. The van der Waals surface area contributed by atoms with Crippen molar-refractivity contribution in [1.29, 1.82) is 0 Å². The second-order valence-corrected chi connectivity index (χ2v) is 7.87. The van der Waals surface area contributed by atoms with Crippen LogP contribution in [0.25, 0.3) is 11.4 Å². The Morgan fingerprint density at radius 1 is 1.25 bits per heavy atom. The highest BCUT2D eigenvalue weighted by Crippen LogP contribution is 2.22. The third-order valence-electron chi connectivity index (χ3n) is 5.21. The van der Waals surface area contributed by atoms with Crippen LogP contribution in [0.15, 0.2) is 53.3 Å². The molecule has 0 spiro atoms. The van der Waals surface area contributed by atoms with Crippen molar-refractivity contribution in [3.8, 4) is 17.1 Å². The molecule has 0 aliphatic heterocycles. The van der Waals surface area contributed by atoms with Crippen LogP contribution in [0, 0.1) is 6.92 Å². The van der Waals surface area contributed by atoms with Crippen molar-refractivity contribution in [2.45, 2.75) is 32.9 Å². The number of methoxy groups -OCH3 is 1. The molecular formula is C24H26ClN3O4. The SMILES string of the molecule is COc1ccc([C@@H](C)NC(=O)Cn2c(-c3cccc(Cl)c3)nc(C)c(CCO)c2=O)cc1. The summed E-state index contributed by atoms with van der Waals surface area (Å²) in [6, 6.07) is 14.1. The number of aryl methyl sites for hydroxylation is 1. The van der Waals surface area contributed by atoms with Crippen molar-refractivity contribution in [1.82, 2.24) is 14.9 Å². The van der Waals surface area contributed by atoms with E-state index >= 15 is 0 Å². The number of carbonyl (C=O) groups is 1. The van der Waals surface area contributed by atoms with Gasteiger partial charge in [0.2, 0.25) is 5.91 Å². The third-order valence-corrected chi connectivity index (χ3v) is 5.44. The van der Waals surface area contributed by atoms with E-state index in [1.165, 1.54) is 4.57 Å². The summed E-state index contributed by atoms with van der Waals surface area (Å²) in [5.41, 5.74) is 2.08. The third kappa shape index (κ3) is 5.36. The van der Waals surface area contributed by atoms with E-state index in [-0.39, 0.29) is 37.1 Å². The first-order valence-electron chi connectivity index (χ1n) is 10.2. The van der Waals surface area contributed by atoms with Crippen molar-refractivity contribution in [3.05, 3.63) is 80.7 Å².